The first kappa shape index (κ1) is 32.1. The second kappa shape index (κ2) is 9.87. The maximum Gasteiger partial charge on any atom is 0.413 e. The normalized spacial score (nSPS) is 15.9. The number of nitriles is 1. The van der Waals surface area contributed by atoms with Gasteiger partial charge in [-0.15, -0.1) is 0 Å². The minimum atomic E-state index is -10.2. The van der Waals surface area contributed by atoms with Crippen LogP contribution >= 0.6 is 33.4 Å². The minimum Gasteiger partial charge on any atom is -0.481 e. The molecule has 2 aromatic carbocycles. The third kappa shape index (κ3) is 6.90. The number of rotatable bonds is 9. The molecule has 1 heterocycles. The maximum absolute atomic E-state index is 13.4. The van der Waals surface area contributed by atoms with Crippen LogP contribution in [0.5, 0.6) is 0 Å². The van der Waals surface area contributed by atoms with E-state index in [4.69, 9.17) is 27.9 Å². The van der Waals surface area contributed by atoms with Crippen LogP contribution in [-0.4, -0.2) is 41.6 Å². The number of carboxylic acid groups (broad SMARTS) is 1. The highest BCUT2D eigenvalue weighted by molar-refractivity contribution is 8.45. The Labute approximate surface area is 249 Å². The largest absolute Gasteiger partial charge is 0.481 e. The van der Waals surface area contributed by atoms with Gasteiger partial charge in [-0.05, 0) is 42.7 Å². The summed E-state index contributed by atoms with van der Waals surface area (Å²) in [4.78, 5) is 22.6. The van der Waals surface area contributed by atoms with Crippen LogP contribution in [0.2, 0.25) is 10.0 Å². The number of ether oxygens (including phenoxy) is 1. The van der Waals surface area contributed by atoms with Gasteiger partial charge in [0.15, 0.2) is 5.69 Å². The number of hydrogen-bond donors (Lipinski definition) is 3. The molecule has 0 bridgehead atoms. The number of carboxylic acids is 1. The standard InChI is InChI=1S/C23H18Cl2F5N5O6S2/c1-42(39,40)34-13-4-2-3-12(7-13)11-41-22(38)32-20-18(23(5-6-23)21(36)37)17(10-31)33-35(20)19-15(24)8-14(9-16(19)25)43(26,27,28,29)30/h2-4,7-9,34H,5-6,11H2,1H3,(H,32,38)(H,36,37). The first-order valence-corrected chi connectivity index (χ1v) is 16.2. The average molecular weight is 690 g/mol. The average Bonchev–Trinajstić information content (AvgIpc) is 3.57. The molecule has 20 heteroatoms. The second-order valence-corrected chi connectivity index (χ2v) is 14.4. The molecule has 1 aliphatic rings. The molecule has 3 aromatic rings. The van der Waals surface area contributed by atoms with Crippen molar-refractivity contribution in [3.8, 4) is 11.8 Å². The van der Waals surface area contributed by atoms with Crippen molar-refractivity contribution in [3.05, 3.63) is 63.3 Å². The number of amides is 1. The predicted molar refractivity (Wildman–Crippen MR) is 147 cm³/mol. The summed E-state index contributed by atoms with van der Waals surface area (Å²) < 4.78 is 98.1. The molecule has 43 heavy (non-hydrogen) atoms. The van der Waals surface area contributed by atoms with E-state index < -0.39 is 76.5 Å². The lowest BCUT2D eigenvalue weighted by molar-refractivity contribution is -0.140. The first-order chi connectivity index (χ1) is 19.5. The highest BCUT2D eigenvalue weighted by atomic mass is 35.5. The van der Waals surface area contributed by atoms with Crippen molar-refractivity contribution in [1.82, 2.24) is 9.78 Å². The topological polar surface area (TPSA) is 163 Å². The number of aromatic nitrogens is 2. The summed E-state index contributed by atoms with van der Waals surface area (Å²) in [5, 5.41) is 23.6. The van der Waals surface area contributed by atoms with Gasteiger partial charge < -0.3 is 9.84 Å². The minimum absolute atomic E-state index is 0.0167. The van der Waals surface area contributed by atoms with Crippen LogP contribution in [0.25, 0.3) is 5.69 Å². The predicted octanol–water partition coefficient (Wildman–Crippen LogP) is 6.94. The Morgan fingerprint density at radius 1 is 1.16 bits per heavy atom. The van der Waals surface area contributed by atoms with Gasteiger partial charge in [0, 0.05) is 5.69 Å². The number of halogens is 7. The van der Waals surface area contributed by atoms with Crippen molar-refractivity contribution in [1.29, 1.82) is 5.26 Å². The van der Waals surface area contributed by atoms with Crippen LogP contribution in [0.1, 0.15) is 29.7 Å². The summed E-state index contributed by atoms with van der Waals surface area (Å²) in [5.41, 5.74) is -2.87. The second-order valence-electron chi connectivity index (χ2n) is 9.46. The van der Waals surface area contributed by atoms with E-state index in [9.17, 15) is 47.8 Å². The Bertz CT molecular complexity index is 1820. The molecular formula is C23H18Cl2F5N5O6S2. The molecule has 0 spiro atoms. The van der Waals surface area contributed by atoms with E-state index in [1.807, 2.05) is 0 Å². The molecule has 1 saturated carbocycles. The third-order valence-corrected chi connectivity index (χ3v) is 8.41. The molecule has 4 rings (SSSR count). The molecule has 232 valence electrons. The van der Waals surface area contributed by atoms with Gasteiger partial charge in [-0.25, -0.2) is 17.9 Å². The van der Waals surface area contributed by atoms with Gasteiger partial charge in [0.25, 0.3) is 0 Å². The van der Waals surface area contributed by atoms with Crippen molar-refractivity contribution < 1.29 is 47.3 Å². The molecule has 3 N–H and O–H groups in total. The van der Waals surface area contributed by atoms with E-state index in [1.54, 1.807) is 6.07 Å². The fourth-order valence-corrected chi connectivity index (χ4v) is 6.12. The van der Waals surface area contributed by atoms with Crippen molar-refractivity contribution >= 4 is 67.0 Å². The fourth-order valence-electron chi connectivity index (χ4n) is 4.11. The van der Waals surface area contributed by atoms with Crippen molar-refractivity contribution in [2.45, 2.75) is 29.8 Å². The number of anilines is 2. The number of nitrogens with zero attached hydrogens (tertiary/aromatic N) is 3. The Balaban J connectivity index is 1.77. The number of aliphatic carboxylic acids is 1. The molecule has 0 aliphatic heterocycles. The lowest BCUT2D eigenvalue weighted by Gasteiger charge is -2.40. The number of benzene rings is 2. The fraction of sp³-hybridized carbons (Fsp3) is 0.217. The zero-order valence-corrected chi connectivity index (χ0v) is 24.5. The Hall–Kier alpha value is -3.79. The van der Waals surface area contributed by atoms with Crippen LogP contribution in [0.15, 0.2) is 41.3 Å². The van der Waals surface area contributed by atoms with Gasteiger partial charge in [0.1, 0.15) is 29.1 Å². The van der Waals surface area contributed by atoms with Crippen molar-refractivity contribution in [2.24, 2.45) is 0 Å². The summed E-state index contributed by atoms with van der Waals surface area (Å²) in [7, 11) is -13.9. The molecule has 1 aliphatic carbocycles. The quantitative estimate of drug-likeness (QED) is 0.203. The number of nitrogens with one attached hydrogen (secondary N) is 2. The Morgan fingerprint density at radius 3 is 2.26 bits per heavy atom. The lowest BCUT2D eigenvalue weighted by Crippen LogP contribution is -2.24. The van der Waals surface area contributed by atoms with Crippen LogP contribution in [-0.2, 0) is 31.6 Å². The third-order valence-electron chi connectivity index (χ3n) is 6.10. The lowest BCUT2D eigenvalue weighted by atomic mass is 9.95. The van der Waals surface area contributed by atoms with Gasteiger partial charge in [-0.3, -0.25) is 14.8 Å². The molecule has 1 amide bonds. The highest BCUT2D eigenvalue weighted by Crippen LogP contribution is 3.02. The smallest absolute Gasteiger partial charge is 0.413 e. The summed E-state index contributed by atoms with van der Waals surface area (Å²) in [5.74, 6) is -1.98. The number of carbonyl (C=O) groups is 2. The molecule has 0 unspecified atom stereocenters. The maximum atomic E-state index is 13.4. The van der Waals surface area contributed by atoms with Gasteiger partial charge in [0.2, 0.25) is 10.0 Å². The zero-order chi connectivity index (χ0) is 32.2. The van der Waals surface area contributed by atoms with Gasteiger partial charge in [-0.1, -0.05) is 54.8 Å². The summed E-state index contributed by atoms with van der Waals surface area (Å²) in [6.45, 7) is -0.454. The number of hydrogen-bond acceptors (Lipinski definition) is 7. The monoisotopic (exact) mass is 689 g/mol. The highest BCUT2D eigenvalue weighted by Gasteiger charge is 2.66. The SMILES string of the molecule is CS(=O)(=O)Nc1cccc(COC(=O)Nc2c(C3(C(=O)O)CC3)c(C#N)nn2-c2c(Cl)cc(S(F)(F)(F)(F)F)cc2Cl)c1. The van der Waals surface area contributed by atoms with Crippen molar-refractivity contribution in [2.75, 3.05) is 16.3 Å². The molecule has 11 nitrogen and oxygen atoms in total. The van der Waals surface area contributed by atoms with E-state index in [2.05, 4.69) is 15.1 Å². The van der Waals surface area contributed by atoms with Gasteiger partial charge in [-0.2, -0.15) is 10.4 Å². The molecule has 1 aromatic heterocycles. The van der Waals surface area contributed by atoms with Gasteiger partial charge in [0.05, 0.1) is 27.3 Å². The molecule has 1 fully saturated rings. The molecule has 0 radical (unpaired) electrons. The summed E-state index contributed by atoms with van der Waals surface area (Å²) in [6.07, 6.45) is -0.384. The van der Waals surface area contributed by atoms with E-state index in [0.29, 0.717) is 10.2 Å². The van der Waals surface area contributed by atoms with E-state index in [-0.39, 0.29) is 36.2 Å². The molecule has 0 saturated heterocycles. The zero-order valence-electron chi connectivity index (χ0n) is 21.4. The van der Waals surface area contributed by atoms with Crippen molar-refractivity contribution in [3.63, 3.8) is 0 Å². The van der Waals surface area contributed by atoms with E-state index >= 15 is 0 Å². The van der Waals surface area contributed by atoms with Crippen LogP contribution in [0.3, 0.4) is 0 Å². The first-order valence-electron chi connectivity index (χ1n) is 11.6. The van der Waals surface area contributed by atoms with Crippen LogP contribution in [0, 0.1) is 11.3 Å². The number of sulfonamides is 1. The van der Waals surface area contributed by atoms with E-state index in [0.717, 1.165) is 6.26 Å². The van der Waals surface area contributed by atoms with Crippen LogP contribution < -0.4 is 10.0 Å². The molecular weight excluding hydrogens is 672 g/mol. The van der Waals surface area contributed by atoms with Gasteiger partial charge >= 0.3 is 22.3 Å². The number of carbonyl (C=O) groups excluding carboxylic acids is 1. The summed E-state index contributed by atoms with van der Waals surface area (Å²) in [6, 6.07) is 7.14. The molecule has 0 atom stereocenters. The Kier molecular flexibility index (Phi) is 7.38. The summed E-state index contributed by atoms with van der Waals surface area (Å²) >= 11 is 11.9. The van der Waals surface area contributed by atoms with Crippen LogP contribution in [0.4, 0.5) is 35.7 Å². The Morgan fingerprint density at radius 2 is 1.77 bits per heavy atom. The van der Waals surface area contributed by atoms with E-state index in [1.165, 1.54) is 24.3 Å².